The number of urea groups is 1. The summed E-state index contributed by atoms with van der Waals surface area (Å²) < 4.78 is 0. The summed E-state index contributed by atoms with van der Waals surface area (Å²) in [6.07, 6.45) is 4.46. The minimum Gasteiger partial charge on any atom is -0.481 e. The Hall–Kier alpha value is -1.26. The van der Waals surface area contributed by atoms with Gasteiger partial charge in [-0.15, -0.1) is 0 Å². The van der Waals surface area contributed by atoms with Crippen LogP contribution in [0, 0.1) is 11.8 Å². The zero-order valence-corrected chi connectivity index (χ0v) is 13.2. The van der Waals surface area contributed by atoms with Crippen molar-refractivity contribution in [1.29, 1.82) is 0 Å². The quantitative estimate of drug-likeness (QED) is 0.577. The van der Waals surface area contributed by atoms with Crippen LogP contribution >= 0.6 is 0 Å². The number of carboxylic acid groups (broad SMARTS) is 1. The lowest BCUT2D eigenvalue weighted by atomic mass is 9.99. The molecule has 0 spiro atoms. The van der Waals surface area contributed by atoms with Crippen molar-refractivity contribution in [2.45, 2.75) is 65.8 Å². The molecule has 2 amide bonds. The molecule has 0 saturated heterocycles. The summed E-state index contributed by atoms with van der Waals surface area (Å²) in [5, 5.41) is 14.4. The second-order valence-corrected chi connectivity index (χ2v) is 5.72. The molecule has 0 aromatic heterocycles. The van der Waals surface area contributed by atoms with E-state index in [0.717, 1.165) is 19.3 Å². The Labute approximate surface area is 122 Å². The average Bonchev–Trinajstić information content (AvgIpc) is 2.37. The molecule has 0 heterocycles. The molecule has 5 nitrogen and oxygen atoms in total. The first-order valence-corrected chi connectivity index (χ1v) is 7.66. The van der Waals surface area contributed by atoms with E-state index in [9.17, 15) is 9.59 Å². The fraction of sp³-hybridized carbons (Fsp3) is 0.867. The van der Waals surface area contributed by atoms with E-state index in [-0.39, 0.29) is 24.4 Å². The van der Waals surface area contributed by atoms with Crippen LogP contribution in [0.5, 0.6) is 0 Å². The van der Waals surface area contributed by atoms with Crippen LogP contribution in [0.3, 0.4) is 0 Å². The van der Waals surface area contributed by atoms with E-state index in [2.05, 4.69) is 24.5 Å². The Morgan fingerprint density at radius 3 is 2.30 bits per heavy atom. The van der Waals surface area contributed by atoms with Gasteiger partial charge in [0.1, 0.15) is 0 Å². The van der Waals surface area contributed by atoms with Gasteiger partial charge >= 0.3 is 12.0 Å². The van der Waals surface area contributed by atoms with Gasteiger partial charge in [0.15, 0.2) is 0 Å². The van der Waals surface area contributed by atoms with E-state index in [1.165, 1.54) is 6.42 Å². The molecule has 20 heavy (non-hydrogen) atoms. The van der Waals surface area contributed by atoms with Gasteiger partial charge in [0.2, 0.25) is 0 Å². The van der Waals surface area contributed by atoms with Crippen LogP contribution in [0.2, 0.25) is 0 Å². The maximum atomic E-state index is 11.8. The highest BCUT2D eigenvalue weighted by Gasteiger charge is 2.19. The first-order valence-electron chi connectivity index (χ1n) is 7.66. The van der Waals surface area contributed by atoms with Crippen molar-refractivity contribution in [3.63, 3.8) is 0 Å². The minimum atomic E-state index is -0.890. The van der Waals surface area contributed by atoms with Crippen LogP contribution in [0.15, 0.2) is 0 Å². The van der Waals surface area contributed by atoms with Gasteiger partial charge in [-0.1, -0.05) is 47.0 Å². The van der Waals surface area contributed by atoms with Gasteiger partial charge in [0.25, 0.3) is 0 Å². The van der Waals surface area contributed by atoms with Crippen LogP contribution < -0.4 is 10.6 Å². The molecule has 2 unspecified atom stereocenters. The predicted octanol–water partition coefficient (Wildman–Crippen LogP) is 3.00. The first kappa shape index (κ1) is 18.7. The van der Waals surface area contributed by atoms with Crippen molar-refractivity contribution < 1.29 is 14.7 Å². The summed E-state index contributed by atoms with van der Waals surface area (Å²) in [6.45, 7) is 8.75. The Balaban J connectivity index is 4.14. The second-order valence-electron chi connectivity index (χ2n) is 5.72. The molecule has 0 aliphatic carbocycles. The van der Waals surface area contributed by atoms with Gasteiger partial charge in [-0.25, -0.2) is 4.79 Å². The number of aliphatic carboxylic acids is 1. The zero-order chi connectivity index (χ0) is 15.5. The molecule has 0 radical (unpaired) electrons. The molecule has 5 heteroatoms. The van der Waals surface area contributed by atoms with E-state index in [0.29, 0.717) is 12.5 Å². The standard InChI is InChI=1S/C15H30N2O3/c1-5-7-8-12(6-2)10-16-15(20)17-13(11(3)4)9-14(18)19/h11-13H,5-10H2,1-4H3,(H,18,19)(H2,16,17,20). The molecule has 0 rings (SSSR count). The van der Waals surface area contributed by atoms with Gasteiger partial charge in [0, 0.05) is 12.6 Å². The topological polar surface area (TPSA) is 78.4 Å². The van der Waals surface area contributed by atoms with Crippen molar-refractivity contribution in [1.82, 2.24) is 10.6 Å². The molecule has 3 N–H and O–H groups in total. The fourth-order valence-electron chi connectivity index (χ4n) is 2.04. The SMILES string of the molecule is CCCCC(CC)CNC(=O)NC(CC(=O)O)C(C)C. The maximum absolute atomic E-state index is 11.8. The van der Waals surface area contributed by atoms with Crippen molar-refractivity contribution >= 4 is 12.0 Å². The van der Waals surface area contributed by atoms with Crippen molar-refractivity contribution in [2.75, 3.05) is 6.54 Å². The summed E-state index contributed by atoms with van der Waals surface area (Å²) in [4.78, 5) is 22.6. The lowest BCUT2D eigenvalue weighted by molar-refractivity contribution is -0.137. The first-order chi connectivity index (χ1) is 9.40. The molecule has 118 valence electrons. The third-order valence-corrected chi connectivity index (χ3v) is 3.61. The van der Waals surface area contributed by atoms with Crippen LogP contribution in [0.25, 0.3) is 0 Å². The average molecular weight is 286 g/mol. The van der Waals surface area contributed by atoms with Crippen LogP contribution in [0.4, 0.5) is 4.79 Å². The Kier molecular flexibility index (Phi) is 9.86. The van der Waals surface area contributed by atoms with Crippen molar-refractivity contribution in [3.05, 3.63) is 0 Å². The monoisotopic (exact) mass is 286 g/mol. The van der Waals surface area contributed by atoms with Crippen LogP contribution in [-0.2, 0) is 4.79 Å². The Bertz CT molecular complexity index is 293. The van der Waals surface area contributed by atoms with Gasteiger partial charge in [-0.2, -0.15) is 0 Å². The van der Waals surface area contributed by atoms with Crippen LogP contribution in [-0.4, -0.2) is 29.7 Å². The third-order valence-electron chi connectivity index (χ3n) is 3.61. The Morgan fingerprint density at radius 2 is 1.85 bits per heavy atom. The predicted molar refractivity (Wildman–Crippen MR) is 80.7 cm³/mol. The van der Waals surface area contributed by atoms with Gasteiger partial charge in [-0.3, -0.25) is 4.79 Å². The Morgan fingerprint density at radius 1 is 1.20 bits per heavy atom. The molecular weight excluding hydrogens is 256 g/mol. The molecule has 0 aliphatic heterocycles. The number of rotatable bonds is 10. The number of unbranched alkanes of at least 4 members (excludes halogenated alkanes) is 1. The van der Waals surface area contributed by atoms with E-state index in [1.807, 2.05) is 13.8 Å². The number of hydrogen-bond donors (Lipinski definition) is 3. The number of hydrogen-bond acceptors (Lipinski definition) is 2. The van der Waals surface area contributed by atoms with Gasteiger partial charge in [-0.05, 0) is 18.3 Å². The third kappa shape index (κ3) is 8.77. The maximum Gasteiger partial charge on any atom is 0.315 e. The van der Waals surface area contributed by atoms with E-state index < -0.39 is 5.97 Å². The summed E-state index contributed by atoms with van der Waals surface area (Å²) in [6, 6.07) is -0.594. The molecule has 0 bridgehead atoms. The highest BCUT2D eigenvalue weighted by atomic mass is 16.4. The number of carbonyl (C=O) groups is 2. The highest BCUT2D eigenvalue weighted by molar-refractivity contribution is 5.75. The number of amides is 2. The highest BCUT2D eigenvalue weighted by Crippen LogP contribution is 2.11. The van der Waals surface area contributed by atoms with E-state index >= 15 is 0 Å². The molecule has 0 aromatic carbocycles. The lowest BCUT2D eigenvalue weighted by Crippen LogP contribution is -2.46. The summed E-state index contributed by atoms with van der Waals surface area (Å²) in [7, 11) is 0. The summed E-state index contributed by atoms with van der Waals surface area (Å²) in [5.74, 6) is -0.296. The van der Waals surface area contributed by atoms with Crippen molar-refractivity contribution in [2.24, 2.45) is 11.8 Å². The molecule has 2 atom stereocenters. The largest absolute Gasteiger partial charge is 0.481 e. The molecule has 0 saturated carbocycles. The fourth-order valence-corrected chi connectivity index (χ4v) is 2.04. The normalized spacial score (nSPS) is 13.8. The molecule has 0 fully saturated rings. The van der Waals surface area contributed by atoms with Crippen LogP contribution in [0.1, 0.15) is 59.8 Å². The van der Waals surface area contributed by atoms with E-state index in [1.54, 1.807) is 0 Å². The van der Waals surface area contributed by atoms with Crippen molar-refractivity contribution in [3.8, 4) is 0 Å². The minimum absolute atomic E-state index is 0.0435. The summed E-state index contributed by atoms with van der Waals surface area (Å²) >= 11 is 0. The zero-order valence-electron chi connectivity index (χ0n) is 13.2. The van der Waals surface area contributed by atoms with Gasteiger partial charge in [0.05, 0.1) is 6.42 Å². The number of nitrogens with one attached hydrogen (secondary N) is 2. The molecular formula is C15H30N2O3. The van der Waals surface area contributed by atoms with Gasteiger partial charge < -0.3 is 15.7 Å². The lowest BCUT2D eigenvalue weighted by Gasteiger charge is -2.22. The summed E-state index contributed by atoms with van der Waals surface area (Å²) in [5.41, 5.74) is 0. The molecule has 0 aromatic rings. The second kappa shape index (κ2) is 10.5. The van der Waals surface area contributed by atoms with E-state index in [4.69, 9.17) is 5.11 Å². The smallest absolute Gasteiger partial charge is 0.315 e. The number of carboxylic acids is 1. The number of carbonyl (C=O) groups excluding carboxylic acids is 1. The molecule has 0 aliphatic rings.